The second kappa shape index (κ2) is 8.73. The molecule has 1 N–H and O–H groups in total. The molecule has 0 unspecified atom stereocenters. The van der Waals surface area contributed by atoms with E-state index < -0.39 is 22.0 Å². The Morgan fingerprint density at radius 3 is 2.73 bits per heavy atom. The molecule has 7 nitrogen and oxygen atoms in total. The number of aromatic nitrogens is 1. The van der Waals surface area contributed by atoms with E-state index in [1.165, 1.54) is 18.7 Å². The summed E-state index contributed by atoms with van der Waals surface area (Å²) in [6, 6.07) is 3.53. The van der Waals surface area contributed by atoms with Crippen molar-refractivity contribution in [3.63, 3.8) is 0 Å². The van der Waals surface area contributed by atoms with E-state index >= 15 is 0 Å². The minimum Gasteiger partial charge on any atom is -0.307 e. The summed E-state index contributed by atoms with van der Waals surface area (Å²) in [5.74, 6) is -0.776. The van der Waals surface area contributed by atoms with Crippen LogP contribution in [-0.2, 0) is 19.6 Å². The molecule has 2 rings (SSSR count). The molecule has 0 bridgehead atoms. The molecular formula is C18H26N3O4S. The van der Waals surface area contributed by atoms with Crippen molar-refractivity contribution in [2.24, 2.45) is 5.92 Å². The highest BCUT2D eigenvalue weighted by molar-refractivity contribution is 7.89. The third-order valence-electron chi connectivity index (χ3n) is 4.29. The molecule has 0 aliphatic carbocycles. The Balaban J connectivity index is 2.41. The van der Waals surface area contributed by atoms with E-state index in [0.29, 0.717) is 19.3 Å². The first kappa shape index (κ1) is 20.5. The van der Waals surface area contributed by atoms with Gasteiger partial charge in [0.05, 0.1) is 13.0 Å². The third-order valence-corrected chi connectivity index (χ3v) is 6.02. The monoisotopic (exact) mass is 380 g/mol. The highest BCUT2D eigenvalue weighted by Crippen LogP contribution is 2.23. The predicted molar refractivity (Wildman–Crippen MR) is 97.5 cm³/mol. The van der Waals surface area contributed by atoms with E-state index in [0.717, 1.165) is 4.31 Å². The highest BCUT2D eigenvalue weighted by Gasteiger charge is 2.40. The molecule has 1 radical (unpaired) electrons. The number of Topliss-reactive ketones (excluding diaryl/α,β-unsaturated/α-hetero) is 1. The second-order valence-electron chi connectivity index (χ2n) is 6.98. The van der Waals surface area contributed by atoms with Gasteiger partial charge in [-0.2, -0.15) is 8.42 Å². The molecule has 1 fully saturated rings. The maximum atomic E-state index is 13.1. The maximum absolute atomic E-state index is 13.1. The molecule has 0 aromatic carbocycles. The molecular weight excluding hydrogens is 354 g/mol. The van der Waals surface area contributed by atoms with Gasteiger partial charge in [-0.3, -0.25) is 9.59 Å². The van der Waals surface area contributed by atoms with Gasteiger partial charge in [0.15, 0.2) is 10.8 Å². The number of ketones is 1. The number of carbonyl (C=O) groups is 2. The van der Waals surface area contributed by atoms with Crippen molar-refractivity contribution in [1.82, 2.24) is 14.6 Å². The Bertz CT molecular complexity index is 734. The summed E-state index contributed by atoms with van der Waals surface area (Å²) in [6.07, 6.45) is 4.02. The molecule has 8 heteroatoms. The van der Waals surface area contributed by atoms with Gasteiger partial charge < -0.3 is 5.32 Å². The molecule has 1 amide bonds. The van der Waals surface area contributed by atoms with Crippen LogP contribution in [0.5, 0.6) is 0 Å². The number of amides is 1. The summed E-state index contributed by atoms with van der Waals surface area (Å²) in [5.41, 5.74) is 0. The van der Waals surface area contributed by atoms with Gasteiger partial charge in [-0.15, -0.1) is 0 Å². The fourth-order valence-corrected chi connectivity index (χ4v) is 4.29. The average Bonchev–Trinajstić information content (AvgIpc) is 2.76. The summed E-state index contributed by atoms with van der Waals surface area (Å²) in [7, 11) is -4.22. The molecule has 1 saturated heterocycles. The first-order valence-corrected chi connectivity index (χ1v) is 10.3. The van der Waals surface area contributed by atoms with Gasteiger partial charge in [-0.05, 0) is 44.2 Å². The Morgan fingerprint density at radius 1 is 1.38 bits per heavy atom. The number of sulfonamides is 1. The average molecular weight is 380 g/mol. The van der Waals surface area contributed by atoms with E-state index in [1.54, 1.807) is 12.1 Å². The largest absolute Gasteiger partial charge is 0.307 e. The fraction of sp³-hybridized carbons (Fsp3) is 0.556. The molecule has 0 spiro atoms. The van der Waals surface area contributed by atoms with Crippen LogP contribution in [0, 0.1) is 12.3 Å². The second-order valence-corrected chi connectivity index (χ2v) is 8.74. The Labute approximate surface area is 155 Å². The number of pyridine rings is 1. The van der Waals surface area contributed by atoms with Crippen LogP contribution >= 0.6 is 0 Å². The minimum atomic E-state index is -4.22. The normalized spacial score (nSPS) is 21.5. The molecule has 2 atom stereocenters. The topological polar surface area (TPSA) is 96.4 Å². The number of nitrogens with zero attached hydrogens (tertiary/aromatic N) is 2. The van der Waals surface area contributed by atoms with Crippen molar-refractivity contribution < 1.29 is 18.0 Å². The van der Waals surface area contributed by atoms with E-state index in [2.05, 4.69) is 10.3 Å². The predicted octanol–water partition coefficient (Wildman–Crippen LogP) is 1.56. The van der Waals surface area contributed by atoms with Crippen molar-refractivity contribution >= 4 is 21.7 Å². The van der Waals surface area contributed by atoms with Crippen LogP contribution in [0.3, 0.4) is 0 Å². The van der Waals surface area contributed by atoms with Crippen molar-refractivity contribution in [1.29, 1.82) is 0 Å². The SMILES string of the molecule is CC(C)C[CH]C(=O)N([C@@H]1CC[C@@H](C)NCC1=O)S(=O)(=O)c1ccccn1. The first-order valence-electron chi connectivity index (χ1n) is 8.82. The number of hydrogen-bond donors (Lipinski definition) is 1. The van der Waals surface area contributed by atoms with Gasteiger partial charge >= 0.3 is 0 Å². The summed E-state index contributed by atoms with van der Waals surface area (Å²) in [5, 5.41) is 2.82. The smallest absolute Gasteiger partial charge is 0.284 e. The van der Waals surface area contributed by atoms with Crippen LogP contribution in [0.4, 0.5) is 0 Å². The molecule has 2 heterocycles. The number of hydrogen-bond acceptors (Lipinski definition) is 6. The Hall–Kier alpha value is -1.80. The molecule has 1 aromatic heterocycles. The van der Waals surface area contributed by atoms with Crippen LogP contribution in [0.1, 0.15) is 40.0 Å². The van der Waals surface area contributed by atoms with Gasteiger partial charge in [-0.25, -0.2) is 9.29 Å². The molecule has 1 aliphatic heterocycles. The van der Waals surface area contributed by atoms with E-state index in [1.807, 2.05) is 20.8 Å². The quantitative estimate of drug-likeness (QED) is 0.804. The number of rotatable bonds is 6. The van der Waals surface area contributed by atoms with Gasteiger partial charge in [0.1, 0.15) is 6.04 Å². The standard InChI is InChI=1S/C18H26N3O4S/c1-13(2)7-10-18(23)21(15-9-8-14(3)20-12-16(15)22)26(24,25)17-6-4-5-11-19-17/h4-6,10-11,13-15,20H,7-9,12H2,1-3H3/t14-,15-/m1/s1. The van der Waals surface area contributed by atoms with Gasteiger partial charge in [-0.1, -0.05) is 19.9 Å². The van der Waals surface area contributed by atoms with Crippen LogP contribution in [0.2, 0.25) is 0 Å². The summed E-state index contributed by atoms with van der Waals surface area (Å²) in [6.45, 7) is 5.84. The maximum Gasteiger partial charge on any atom is 0.284 e. The van der Waals surface area contributed by atoms with E-state index in [-0.39, 0.29) is 29.3 Å². The molecule has 143 valence electrons. The highest BCUT2D eigenvalue weighted by atomic mass is 32.2. The first-order chi connectivity index (χ1) is 12.2. The summed E-state index contributed by atoms with van der Waals surface area (Å²) >= 11 is 0. The lowest BCUT2D eigenvalue weighted by Crippen LogP contribution is -2.49. The minimum absolute atomic E-state index is 0.0392. The van der Waals surface area contributed by atoms with Gasteiger partial charge in [0.25, 0.3) is 10.0 Å². The molecule has 1 aromatic rings. The lowest BCUT2D eigenvalue weighted by molar-refractivity contribution is -0.131. The number of carbonyl (C=O) groups excluding carboxylic acids is 2. The Kier molecular flexibility index (Phi) is 6.88. The summed E-state index contributed by atoms with van der Waals surface area (Å²) in [4.78, 5) is 29.2. The third kappa shape index (κ3) is 4.88. The van der Waals surface area contributed by atoms with Crippen LogP contribution in [0.15, 0.2) is 29.4 Å². The molecule has 26 heavy (non-hydrogen) atoms. The lowest BCUT2D eigenvalue weighted by Gasteiger charge is -2.29. The van der Waals surface area contributed by atoms with Crippen LogP contribution in [0.25, 0.3) is 0 Å². The van der Waals surface area contributed by atoms with Gasteiger partial charge in [0, 0.05) is 12.2 Å². The fourth-order valence-electron chi connectivity index (χ4n) is 2.78. The number of nitrogens with one attached hydrogen (secondary N) is 1. The zero-order valence-electron chi connectivity index (χ0n) is 15.4. The van der Waals surface area contributed by atoms with Crippen molar-refractivity contribution in [3.8, 4) is 0 Å². The van der Waals surface area contributed by atoms with Gasteiger partial charge in [0.2, 0.25) is 5.91 Å². The zero-order valence-corrected chi connectivity index (χ0v) is 16.2. The van der Waals surface area contributed by atoms with E-state index in [9.17, 15) is 18.0 Å². The molecule has 0 saturated carbocycles. The summed E-state index contributed by atoms with van der Waals surface area (Å²) < 4.78 is 26.9. The van der Waals surface area contributed by atoms with Crippen molar-refractivity contribution in [3.05, 3.63) is 30.8 Å². The Morgan fingerprint density at radius 2 is 2.12 bits per heavy atom. The van der Waals surface area contributed by atoms with E-state index in [4.69, 9.17) is 0 Å². The van der Waals surface area contributed by atoms with Crippen LogP contribution in [-0.4, -0.2) is 48.0 Å². The lowest BCUT2D eigenvalue weighted by atomic mass is 10.0. The van der Waals surface area contributed by atoms with Crippen molar-refractivity contribution in [2.45, 2.75) is 57.1 Å². The van der Waals surface area contributed by atoms with Crippen molar-refractivity contribution in [2.75, 3.05) is 6.54 Å². The molecule has 1 aliphatic rings. The zero-order chi connectivity index (χ0) is 19.3. The van der Waals surface area contributed by atoms with Crippen LogP contribution < -0.4 is 5.32 Å².